The fraction of sp³-hybridized carbons (Fsp3) is 0.923. The molecule has 0 bridgehead atoms. The predicted octanol–water partition coefficient (Wildman–Crippen LogP) is 1.33. The maximum absolute atomic E-state index is 11.5. The number of rotatable bonds is 6. The van der Waals surface area contributed by atoms with Crippen LogP contribution in [0.15, 0.2) is 0 Å². The topological polar surface area (TPSA) is 58.6 Å². The molecule has 2 atom stereocenters. The summed E-state index contributed by atoms with van der Waals surface area (Å²) in [7, 11) is 0. The van der Waals surface area contributed by atoms with E-state index in [1.807, 2.05) is 13.8 Å². The number of carbonyl (C=O) groups excluding carboxylic acids is 1. The minimum atomic E-state index is -0.0547. The summed E-state index contributed by atoms with van der Waals surface area (Å²) in [4.78, 5) is 11.5. The predicted molar refractivity (Wildman–Crippen MR) is 66.6 cm³/mol. The largest absolute Gasteiger partial charge is 0.396 e. The molecule has 1 rings (SSSR count). The number of carbonyl (C=O) groups is 1. The van der Waals surface area contributed by atoms with Crippen LogP contribution in [0.4, 0.5) is 0 Å². The quantitative estimate of drug-likeness (QED) is 0.740. The van der Waals surface area contributed by atoms with Crippen molar-refractivity contribution in [1.29, 1.82) is 0 Å². The Kier molecular flexibility index (Phi) is 6.52. The zero-order valence-corrected chi connectivity index (χ0v) is 10.9. The standard InChI is InChI=1S/C13H25NO3/c1-10(2)17-9-13(16)14-7-11-5-3-4-6-12(11)8-15/h10-12,15H,3-9H2,1-2H3,(H,14,16). The van der Waals surface area contributed by atoms with Crippen molar-refractivity contribution in [3.05, 3.63) is 0 Å². The summed E-state index contributed by atoms with van der Waals surface area (Å²) in [5.74, 6) is 0.729. The van der Waals surface area contributed by atoms with Gasteiger partial charge in [0.2, 0.25) is 5.91 Å². The summed E-state index contributed by atoms with van der Waals surface area (Å²) in [5, 5.41) is 12.2. The first-order valence-corrected chi connectivity index (χ1v) is 6.62. The molecule has 4 heteroatoms. The third kappa shape index (κ3) is 5.50. The number of nitrogens with one attached hydrogen (secondary N) is 1. The van der Waals surface area contributed by atoms with Crippen LogP contribution in [-0.2, 0) is 9.53 Å². The summed E-state index contributed by atoms with van der Waals surface area (Å²) in [6.07, 6.45) is 4.68. The van der Waals surface area contributed by atoms with Crippen LogP contribution in [0.3, 0.4) is 0 Å². The highest BCUT2D eigenvalue weighted by Gasteiger charge is 2.24. The van der Waals surface area contributed by atoms with Crippen LogP contribution >= 0.6 is 0 Å². The average Bonchev–Trinajstić information content (AvgIpc) is 2.34. The van der Waals surface area contributed by atoms with E-state index in [-0.39, 0.29) is 25.2 Å². The van der Waals surface area contributed by atoms with Crippen LogP contribution in [0.5, 0.6) is 0 Å². The van der Waals surface area contributed by atoms with E-state index < -0.39 is 0 Å². The Morgan fingerprint density at radius 3 is 2.59 bits per heavy atom. The molecular weight excluding hydrogens is 218 g/mol. The van der Waals surface area contributed by atoms with E-state index in [1.165, 1.54) is 12.8 Å². The van der Waals surface area contributed by atoms with Gasteiger partial charge in [0.05, 0.1) is 6.10 Å². The number of aliphatic hydroxyl groups excluding tert-OH is 1. The maximum Gasteiger partial charge on any atom is 0.246 e. The highest BCUT2D eigenvalue weighted by molar-refractivity contribution is 5.77. The van der Waals surface area contributed by atoms with E-state index in [2.05, 4.69) is 5.32 Å². The fourth-order valence-corrected chi connectivity index (χ4v) is 2.33. The molecule has 2 unspecified atom stereocenters. The summed E-state index contributed by atoms with van der Waals surface area (Å²) in [6, 6.07) is 0. The molecule has 1 aliphatic carbocycles. The van der Waals surface area contributed by atoms with Crippen molar-refractivity contribution >= 4 is 5.91 Å². The molecule has 1 fully saturated rings. The summed E-state index contributed by atoms with van der Waals surface area (Å²) < 4.78 is 5.24. The lowest BCUT2D eigenvalue weighted by atomic mass is 9.79. The van der Waals surface area contributed by atoms with Gasteiger partial charge < -0.3 is 15.2 Å². The minimum Gasteiger partial charge on any atom is -0.396 e. The zero-order chi connectivity index (χ0) is 12.7. The van der Waals surface area contributed by atoms with Gasteiger partial charge in [0, 0.05) is 13.2 Å². The molecule has 0 saturated heterocycles. The second kappa shape index (κ2) is 7.67. The monoisotopic (exact) mass is 243 g/mol. The van der Waals surface area contributed by atoms with E-state index in [4.69, 9.17) is 4.74 Å². The van der Waals surface area contributed by atoms with Crippen LogP contribution < -0.4 is 5.32 Å². The Labute approximate surface area is 104 Å². The summed E-state index contributed by atoms with van der Waals surface area (Å²) >= 11 is 0. The van der Waals surface area contributed by atoms with Gasteiger partial charge in [-0.1, -0.05) is 12.8 Å². The Morgan fingerprint density at radius 2 is 2.00 bits per heavy atom. The first-order valence-electron chi connectivity index (χ1n) is 6.62. The van der Waals surface area contributed by atoms with E-state index in [9.17, 15) is 9.90 Å². The second-order valence-corrected chi connectivity index (χ2v) is 5.15. The average molecular weight is 243 g/mol. The number of aliphatic hydroxyl groups is 1. The van der Waals surface area contributed by atoms with Gasteiger partial charge in [0.25, 0.3) is 0 Å². The van der Waals surface area contributed by atoms with Gasteiger partial charge in [-0.25, -0.2) is 0 Å². The van der Waals surface area contributed by atoms with Gasteiger partial charge in [0.15, 0.2) is 0 Å². The molecule has 1 aliphatic rings. The number of ether oxygens (including phenoxy) is 1. The minimum absolute atomic E-state index is 0.0547. The molecule has 0 aliphatic heterocycles. The van der Waals surface area contributed by atoms with Gasteiger partial charge in [0.1, 0.15) is 6.61 Å². The van der Waals surface area contributed by atoms with Crippen molar-refractivity contribution in [2.24, 2.45) is 11.8 Å². The van der Waals surface area contributed by atoms with Crippen LogP contribution in [0.2, 0.25) is 0 Å². The Balaban J connectivity index is 2.21. The van der Waals surface area contributed by atoms with Crippen molar-refractivity contribution in [3.63, 3.8) is 0 Å². The summed E-state index contributed by atoms with van der Waals surface area (Å²) in [5.41, 5.74) is 0. The smallest absolute Gasteiger partial charge is 0.246 e. The third-order valence-electron chi connectivity index (χ3n) is 3.41. The molecular formula is C13H25NO3. The number of amides is 1. The molecule has 100 valence electrons. The Hall–Kier alpha value is -0.610. The van der Waals surface area contributed by atoms with Crippen molar-refractivity contribution in [1.82, 2.24) is 5.32 Å². The first kappa shape index (κ1) is 14.5. The second-order valence-electron chi connectivity index (χ2n) is 5.15. The third-order valence-corrected chi connectivity index (χ3v) is 3.41. The van der Waals surface area contributed by atoms with Gasteiger partial charge in [-0.3, -0.25) is 4.79 Å². The van der Waals surface area contributed by atoms with Crippen molar-refractivity contribution in [3.8, 4) is 0 Å². The normalized spacial score (nSPS) is 24.9. The maximum atomic E-state index is 11.5. The first-order chi connectivity index (χ1) is 8.13. The van der Waals surface area contributed by atoms with Gasteiger partial charge in [-0.15, -0.1) is 0 Å². The van der Waals surface area contributed by atoms with Crippen LogP contribution in [-0.4, -0.2) is 36.9 Å². The highest BCUT2D eigenvalue weighted by atomic mass is 16.5. The fourth-order valence-electron chi connectivity index (χ4n) is 2.33. The lowest BCUT2D eigenvalue weighted by molar-refractivity contribution is -0.127. The van der Waals surface area contributed by atoms with Crippen molar-refractivity contribution < 1.29 is 14.6 Å². The van der Waals surface area contributed by atoms with Crippen LogP contribution in [0, 0.1) is 11.8 Å². The van der Waals surface area contributed by atoms with E-state index in [0.29, 0.717) is 18.4 Å². The molecule has 2 N–H and O–H groups in total. The van der Waals surface area contributed by atoms with Crippen LogP contribution in [0.25, 0.3) is 0 Å². The number of hydrogen-bond donors (Lipinski definition) is 2. The van der Waals surface area contributed by atoms with Gasteiger partial charge in [-0.05, 0) is 38.5 Å². The van der Waals surface area contributed by atoms with Gasteiger partial charge in [-0.2, -0.15) is 0 Å². The van der Waals surface area contributed by atoms with Crippen molar-refractivity contribution in [2.75, 3.05) is 19.8 Å². The molecule has 0 heterocycles. The van der Waals surface area contributed by atoms with E-state index in [1.54, 1.807) is 0 Å². The molecule has 4 nitrogen and oxygen atoms in total. The Morgan fingerprint density at radius 1 is 1.35 bits per heavy atom. The van der Waals surface area contributed by atoms with Crippen molar-refractivity contribution in [2.45, 2.75) is 45.6 Å². The molecule has 1 amide bonds. The molecule has 0 aromatic carbocycles. The summed E-state index contributed by atoms with van der Waals surface area (Å²) in [6.45, 7) is 4.87. The van der Waals surface area contributed by atoms with Crippen LogP contribution in [0.1, 0.15) is 39.5 Å². The van der Waals surface area contributed by atoms with Gasteiger partial charge >= 0.3 is 0 Å². The zero-order valence-electron chi connectivity index (χ0n) is 10.9. The lowest BCUT2D eigenvalue weighted by Crippen LogP contribution is -2.37. The molecule has 17 heavy (non-hydrogen) atoms. The van der Waals surface area contributed by atoms with E-state index in [0.717, 1.165) is 12.8 Å². The van der Waals surface area contributed by atoms with E-state index >= 15 is 0 Å². The molecule has 0 spiro atoms. The molecule has 0 radical (unpaired) electrons. The highest BCUT2D eigenvalue weighted by Crippen LogP contribution is 2.28. The Bertz CT molecular complexity index is 231. The lowest BCUT2D eigenvalue weighted by Gasteiger charge is -2.30. The molecule has 0 aromatic rings. The molecule has 1 saturated carbocycles. The molecule has 0 aromatic heterocycles. The SMILES string of the molecule is CC(C)OCC(=O)NCC1CCCCC1CO. The number of hydrogen-bond acceptors (Lipinski definition) is 3.